The lowest BCUT2D eigenvalue weighted by Gasteiger charge is -2.37. The number of thiophene rings is 1. The molecule has 5 heterocycles. The van der Waals surface area contributed by atoms with E-state index in [2.05, 4.69) is 27.9 Å². The van der Waals surface area contributed by atoms with Gasteiger partial charge in [0.1, 0.15) is 28.2 Å². The van der Waals surface area contributed by atoms with Crippen LogP contribution in [0.25, 0.3) is 11.5 Å². The topological polar surface area (TPSA) is 160 Å². The Morgan fingerprint density at radius 1 is 1.20 bits per heavy atom. The summed E-state index contributed by atoms with van der Waals surface area (Å²) in [7, 11) is 0. The van der Waals surface area contributed by atoms with E-state index in [0.29, 0.717) is 79.9 Å². The molecule has 2 fully saturated rings. The molecule has 6 rings (SSSR count). The van der Waals surface area contributed by atoms with Crippen molar-refractivity contribution in [3.8, 4) is 17.6 Å². The van der Waals surface area contributed by atoms with Gasteiger partial charge in [-0.25, -0.2) is 9.78 Å². The third-order valence-electron chi connectivity index (χ3n) is 8.46. The van der Waals surface area contributed by atoms with Gasteiger partial charge in [0.25, 0.3) is 0 Å². The minimum Gasteiger partial charge on any atom is -0.444 e. The molecule has 0 spiro atoms. The molecule has 2 saturated heterocycles. The number of amides is 1. The van der Waals surface area contributed by atoms with Crippen LogP contribution in [0.1, 0.15) is 69.4 Å². The number of carbonyl (C=O) groups is 1. The van der Waals surface area contributed by atoms with Crippen molar-refractivity contribution in [2.24, 2.45) is 0 Å². The van der Waals surface area contributed by atoms with E-state index < -0.39 is 11.0 Å². The van der Waals surface area contributed by atoms with E-state index in [-0.39, 0.29) is 12.1 Å². The van der Waals surface area contributed by atoms with Crippen LogP contribution in [0.2, 0.25) is 0 Å². The van der Waals surface area contributed by atoms with Crippen LogP contribution < -0.4 is 15.5 Å². The number of nitrogens with zero attached hydrogens (tertiary/aromatic N) is 8. The van der Waals surface area contributed by atoms with E-state index in [9.17, 15) is 10.1 Å². The zero-order chi connectivity index (χ0) is 31.2. The zero-order valence-electron chi connectivity index (χ0n) is 25.9. The summed E-state index contributed by atoms with van der Waals surface area (Å²) in [5.41, 5.74) is 7.00. The lowest BCUT2D eigenvalue weighted by atomic mass is 9.72. The third-order valence-corrected chi connectivity index (χ3v) is 9.54. The van der Waals surface area contributed by atoms with Gasteiger partial charge < -0.3 is 34.4 Å². The van der Waals surface area contributed by atoms with Crippen molar-refractivity contribution >= 4 is 34.2 Å². The normalized spacial score (nSPS) is 22.5. The first kappa shape index (κ1) is 30.1. The molecule has 14 heteroatoms. The minimum absolute atomic E-state index is 0.0877. The highest BCUT2D eigenvalue weighted by molar-refractivity contribution is 7.16. The fourth-order valence-corrected chi connectivity index (χ4v) is 7.35. The molecule has 44 heavy (non-hydrogen) atoms. The number of nitriles is 1. The lowest BCUT2D eigenvalue weighted by molar-refractivity contribution is 0.0240. The Balaban J connectivity index is 1.33. The van der Waals surface area contributed by atoms with E-state index >= 15 is 0 Å². The summed E-state index contributed by atoms with van der Waals surface area (Å²) in [6.07, 6.45) is 2.26. The smallest absolute Gasteiger partial charge is 0.410 e. The van der Waals surface area contributed by atoms with Gasteiger partial charge in [0, 0.05) is 49.2 Å². The lowest BCUT2D eigenvalue weighted by Crippen LogP contribution is -2.50. The van der Waals surface area contributed by atoms with E-state index in [4.69, 9.17) is 34.7 Å². The van der Waals surface area contributed by atoms with Gasteiger partial charge in [-0.2, -0.15) is 15.2 Å². The molecule has 0 bridgehead atoms. The third kappa shape index (κ3) is 5.66. The number of hydrogen-bond acceptors (Lipinski definition) is 13. The molecule has 3 aromatic rings. The maximum Gasteiger partial charge on any atom is 0.410 e. The monoisotopic (exact) mass is 621 g/mol. The molecule has 0 unspecified atom stereocenters. The largest absolute Gasteiger partial charge is 0.444 e. The summed E-state index contributed by atoms with van der Waals surface area (Å²) in [5.74, 6) is 2.09. The van der Waals surface area contributed by atoms with Crippen LogP contribution in [-0.2, 0) is 21.3 Å². The van der Waals surface area contributed by atoms with Crippen LogP contribution >= 0.6 is 11.3 Å². The standard InChI is InChI=1S/C30H39N9O4S/c1-18-17-41-14-13-39(18)27-33-20(15-22(34-27)37-9-11-38(12-10-37)28(40)42-29(2,3)4)25-35-26(43-36-25)30(5)8-6-7-21-23(30)19(16-31)24(32)44-21/h15,18H,6-14,17,32H2,1-5H3/t18-,30-/m0/s1. The number of aryl methyl sites for hydroxylation is 1. The van der Waals surface area contributed by atoms with Crippen LogP contribution in [0.3, 0.4) is 0 Å². The van der Waals surface area contributed by atoms with Gasteiger partial charge in [0.2, 0.25) is 17.7 Å². The highest BCUT2D eigenvalue weighted by Crippen LogP contribution is 2.48. The van der Waals surface area contributed by atoms with Crippen LogP contribution in [0.4, 0.5) is 21.6 Å². The number of piperazine rings is 1. The van der Waals surface area contributed by atoms with Crippen molar-refractivity contribution < 1.29 is 18.8 Å². The molecular weight excluding hydrogens is 582 g/mol. The first-order valence-electron chi connectivity index (χ1n) is 15.1. The first-order chi connectivity index (χ1) is 21.0. The second kappa shape index (κ2) is 11.5. The Hall–Kier alpha value is -3.96. The van der Waals surface area contributed by atoms with Crippen molar-refractivity contribution in [3.63, 3.8) is 0 Å². The van der Waals surface area contributed by atoms with Crippen LogP contribution in [-0.4, -0.2) is 88.7 Å². The molecule has 3 aliphatic rings. The SMILES string of the molecule is C[C@H]1COCCN1c1nc(-c2noc([C@@]3(C)CCCc4sc(N)c(C#N)c43)n2)cc(N2CCN(C(=O)OC(C)(C)C)CC2)n1. The predicted molar refractivity (Wildman–Crippen MR) is 166 cm³/mol. The number of ether oxygens (including phenoxy) is 2. The van der Waals surface area contributed by atoms with Gasteiger partial charge in [-0.05, 0) is 53.9 Å². The summed E-state index contributed by atoms with van der Waals surface area (Å²) in [6.45, 7) is 13.7. The number of rotatable bonds is 4. The van der Waals surface area contributed by atoms with E-state index in [0.717, 1.165) is 35.5 Å². The summed E-state index contributed by atoms with van der Waals surface area (Å²) in [4.78, 5) is 34.5. The van der Waals surface area contributed by atoms with Crippen LogP contribution in [0, 0.1) is 11.3 Å². The number of nitrogens with two attached hydrogens (primary N) is 1. The summed E-state index contributed by atoms with van der Waals surface area (Å²) in [5, 5.41) is 14.8. The molecule has 2 N–H and O–H groups in total. The number of anilines is 3. The summed E-state index contributed by atoms with van der Waals surface area (Å²) >= 11 is 1.47. The molecule has 2 atom stereocenters. The Bertz CT molecular complexity index is 1580. The second-order valence-corrected chi connectivity index (χ2v) is 14.0. The number of nitrogen functional groups attached to an aromatic ring is 1. The molecule has 234 valence electrons. The molecule has 0 radical (unpaired) electrons. The Morgan fingerprint density at radius 3 is 2.68 bits per heavy atom. The van der Waals surface area contributed by atoms with Crippen LogP contribution in [0.15, 0.2) is 10.6 Å². The fourth-order valence-electron chi connectivity index (χ4n) is 6.16. The van der Waals surface area contributed by atoms with Gasteiger partial charge in [0.15, 0.2) is 0 Å². The Morgan fingerprint density at radius 2 is 1.98 bits per heavy atom. The average Bonchev–Trinajstić information content (AvgIpc) is 3.62. The molecular formula is C30H39N9O4S. The first-order valence-corrected chi connectivity index (χ1v) is 15.9. The average molecular weight is 622 g/mol. The Labute approximate surface area is 260 Å². The maximum absolute atomic E-state index is 12.7. The molecule has 0 saturated carbocycles. The van der Waals surface area contributed by atoms with Gasteiger partial charge in [0.05, 0.1) is 30.2 Å². The molecule has 1 amide bonds. The van der Waals surface area contributed by atoms with Crippen molar-refractivity contribution in [2.45, 2.75) is 70.9 Å². The number of hydrogen-bond donors (Lipinski definition) is 1. The highest BCUT2D eigenvalue weighted by Gasteiger charge is 2.43. The number of aromatic nitrogens is 4. The summed E-state index contributed by atoms with van der Waals surface area (Å²) in [6, 6.07) is 4.27. The predicted octanol–water partition coefficient (Wildman–Crippen LogP) is 3.97. The molecule has 0 aromatic carbocycles. The second-order valence-electron chi connectivity index (χ2n) is 12.8. The maximum atomic E-state index is 12.7. The summed E-state index contributed by atoms with van der Waals surface area (Å²) < 4.78 is 17.2. The van der Waals surface area contributed by atoms with E-state index in [1.165, 1.54) is 11.3 Å². The van der Waals surface area contributed by atoms with E-state index in [1.54, 1.807) is 4.90 Å². The molecule has 13 nitrogen and oxygen atoms in total. The fraction of sp³-hybridized carbons (Fsp3) is 0.600. The van der Waals surface area contributed by atoms with Gasteiger partial charge in [-0.3, -0.25) is 0 Å². The van der Waals surface area contributed by atoms with Crippen LogP contribution in [0.5, 0.6) is 0 Å². The zero-order valence-corrected chi connectivity index (χ0v) is 26.7. The van der Waals surface area contributed by atoms with Gasteiger partial charge in [-0.1, -0.05) is 5.16 Å². The Kier molecular flexibility index (Phi) is 7.87. The van der Waals surface area contributed by atoms with Crippen molar-refractivity contribution in [3.05, 3.63) is 28.0 Å². The van der Waals surface area contributed by atoms with Crippen molar-refractivity contribution in [1.29, 1.82) is 5.26 Å². The molecule has 1 aliphatic carbocycles. The van der Waals surface area contributed by atoms with Crippen molar-refractivity contribution in [2.75, 3.05) is 61.5 Å². The highest BCUT2D eigenvalue weighted by atomic mass is 32.1. The quantitative estimate of drug-likeness (QED) is 0.447. The molecule has 3 aromatic heterocycles. The number of carbonyl (C=O) groups excluding carboxylic acids is 1. The molecule has 2 aliphatic heterocycles. The number of morpholine rings is 1. The van der Waals surface area contributed by atoms with Gasteiger partial charge >= 0.3 is 6.09 Å². The minimum atomic E-state index is -0.632. The van der Waals surface area contributed by atoms with Gasteiger partial charge in [-0.15, -0.1) is 11.3 Å². The van der Waals surface area contributed by atoms with Crippen molar-refractivity contribution in [1.82, 2.24) is 25.0 Å². The van der Waals surface area contributed by atoms with E-state index in [1.807, 2.05) is 33.8 Å². The number of fused-ring (bicyclic) bond motifs is 1.